The van der Waals surface area contributed by atoms with Crippen LogP contribution in [-0.2, 0) is 16.0 Å². The first-order valence-electron chi connectivity index (χ1n) is 4.65. The lowest BCUT2D eigenvalue weighted by Gasteiger charge is -2.05. The Kier molecular flexibility index (Phi) is 4.63. The molecular weight excluding hydrogens is 196 g/mol. The van der Waals surface area contributed by atoms with E-state index in [1.165, 1.54) is 0 Å². The zero-order valence-corrected chi connectivity index (χ0v) is 8.60. The number of benzene rings is 1. The number of hydrogen-bond donors (Lipinski definition) is 1. The summed E-state index contributed by atoms with van der Waals surface area (Å²) in [7, 11) is 1.56. The fourth-order valence-corrected chi connectivity index (χ4v) is 1.13. The Bertz CT molecular complexity index is 305. The molecule has 4 heteroatoms. The van der Waals surface area contributed by atoms with Crippen molar-refractivity contribution in [3.63, 3.8) is 0 Å². The number of aliphatic carboxylic acids is 1. The maximum atomic E-state index is 10.3. The van der Waals surface area contributed by atoms with Gasteiger partial charge in [-0.25, -0.2) is 0 Å². The molecule has 1 aromatic carbocycles. The number of aryl methyl sites for hydroxylation is 1. The summed E-state index contributed by atoms with van der Waals surface area (Å²) in [6.07, 6.45) is 0.693. The Labute approximate surface area is 88.4 Å². The normalized spacial score (nSPS) is 9.93. The standard InChI is InChI=1S/C11H14O4/c1-14-8-15-10-5-2-9(3-6-10)4-7-11(12)13/h2-3,5-6H,4,7-8H2,1H3,(H,12,13). The molecule has 0 saturated heterocycles. The van der Waals surface area contributed by atoms with Crippen molar-refractivity contribution in [2.24, 2.45) is 0 Å². The number of carbonyl (C=O) groups is 1. The van der Waals surface area contributed by atoms with Gasteiger partial charge in [-0.15, -0.1) is 0 Å². The second-order valence-corrected chi connectivity index (χ2v) is 3.09. The molecule has 0 aliphatic carbocycles. The summed E-state index contributed by atoms with van der Waals surface area (Å²) in [4.78, 5) is 10.3. The molecule has 1 N–H and O–H groups in total. The van der Waals surface area contributed by atoms with E-state index in [-0.39, 0.29) is 13.2 Å². The SMILES string of the molecule is COCOc1ccc(CCC(=O)O)cc1. The van der Waals surface area contributed by atoms with Crippen LogP contribution in [-0.4, -0.2) is 25.0 Å². The monoisotopic (exact) mass is 210 g/mol. The van der Waals surface area contributed by atoms with Gasteiger partial charge in [-0.3, -0.25) is 4.79 Å². The van der Waals surface area contributed by atoms with Gasteiger partial charge in [-0.05, 0) is 24.1 Å². The summed E-state index contributed by atoms with van der Waals surface area (Å²) in [6, 6.07) is 7.31. The van der Waals surface area contributed by atoms with Crippen molar-refractivity contribution in [1.29, 1.82) is 0 Å². The van der Waals surface area contributed by atoms with E-state index in [1.54, 1.807) is 19.2 Å². The van der Waals surface area contributed by atoms with Crippen LogP contribution in [0.3, 0.4) is 0 Å². The highest BCUT2D eigenvalue weighted by Crippen LogP contribution is 2.13. The van der Waals surface area contributed by atoms with E-state index in [2.05, 4.69) is 0 Å². The van der Waals surface area contributed by atoms with E-state index in [4.69, 9.17) is 14.6 Å². The number of carboxylic acid groups (broad SMARTS) is 1. The molecule has 0 fully saturated rings. The van der Waals surface area contributed by atoms with Crippen LogP contribution < -0.4 is 4.74 Å². The Hall–Kier alpha value is -1.55. The molecule has 1 aromatic rings. The molecule has 0 aromatic heterocycles. The minimum atomic E-state index is -0.783. The molecular formula is C11H14O4. The van der Waals surface area contributed by atoms with Gasteiger partial charge in [-0.1, -0.05) is 12.1 Å². The highest BCUT2D eigenvalue weighted by atomic mass is 16.7. The van der Waals surface area contributed by atoms with Gasteiger partial charge in [0.1, 0.15) is 5.75 Å². The molecule has 1 rings (SSSR count). The highest BCUT2D eigenvalue weighted by Gasteiger charge is 1.99. The fourth-order valence-electron chi connectivity index (χ4n) is 1.13. The van der Waals surface area contributed by atoms with Crippen LogP contribution in [0, 0.1) is 0 Å². The molecule has 0 aliphatic rings. The van der Waals surface area contributed by atoms with Crippen LogP contribution in [0.25, 0.3) is 0 Å². The van der Waals surface area contributed by atoms with Gasteiger partial charge < -0.3 is 14.6 Å². The van der Waals surface area contributed by atoms with Crippen LogP contribution in [0.5, 0.6) is 5.75 Å². The van der Waals surface area contributed by atoms with Gasteiger partial charge in [0, 0.05) is 13.5 Å². The second kappa shape index (κ2) is 6.03. The first-order chi connectivity index (χ1) is 7.22. The average molecular weight is 210 g/mol. The number of hydrogen-bond acceptors (Lipinski definition) is 3. The third-order valence-corrected chi connectivity index (χ3v) is 1.89. The maximum absolute atomic E-state index is 10.3. The van der Waals surface area contributed by atoms with Gasteiger partial charge in [0.2, 0.25) is 0 Å². The van der Waals surface area contributed by atoms with E-state index >= 15 is 0 Å². The predicted molar refractivity (Wildman–Crippen MR) is 54.9 cm³/mol. The van der Waals surface area contributed by atoms with Gasteiger partial charge in [0.25, 0.3) is 0 Å². The molecule has 0 spiro atoms. The molecule has 15 heavy (non-hydrogen) atoms. The van der Waals surface area contributed by atoms with Crippen LogP contribution in [0.4, 0.5) is 0 Å². The fraction of sp³-hybridized carbons (Fsp3) is 0.364. The smallest absolute Gasteiger partial charge is 0.303 e. The third-order valence-electron chi connectivity index (χ3n) is 1.89. The predicted octanol–water partition coefficient (Wildman–Crippen LogP) is 1.69. The quantitative estimate of drug-likeness (QED) is 0.726. The maximum Gasteiger partial charge on any atom is 0.303 e. The number of ether oxygens (including phenoxy) is 2. The molecule has 0 radical (unpaired) electrons. The largest absolute Gasteiger partial charge is 0.481 e. The third kappa shape index (κ3) is 4.46. The second-order valence-electron chi connectivity index (χ2n) is 3.09. The van der Waals surface area contributed by atoms with Crippen LogP contribution in [0.1, 0.15) is 12.0 Å². The molecule has 0 bridgehead atoms. The van der Waals surface area contributed by atoms with Crippen molar-refractivity contribution in [3.05, 3.63) is 29.8 Å². The minimum absolute atomic E-state index is 0.151. The molecule has 0 saturated carbocycles. The van der Waals surface area contributed by atoms with Gasteiger partial charge in [0.05, 0.1) is 0 Å². The summed E-state index contributed by atoms with van der Waals surface area (Å²) in [5.41, 5.74) is 0.988. The van der Waals surface area contributed by atoms with Gasteiger partial charge in [0.15, 0.2) is 6.79 Å². The minimum Gasteiger partial charge on any atom is -0.481 e. The van der Waals surface area contributed by atoms with Crippen molar-refractivity contribution in [2.75, 3.05) is 13.9 Å². The summed E-state index contributed by atoms with van der Waals surface area (Å²) in [6.45, 7) is 0.217. The highest BCUT2D eigenvalue weighted by molar-refractivity contribution is 5.67. The van der Waals surface area contributed by atoms with Gasteiger partial charge in [-0.2, -0.15) is 0 Å². The van der Waals surface area contributed by atoms with E-state index in [0.29, 0.717) is 6.42 Å². The average Bonchev–Trinajstić information content (AvgIpc) is 2.25. The Balaban J connectivity index is 2.45. The lowest BCUT2D eigenvalue weighted by atomic mass is 10.1. The number of rotatable bonds is 6. The van der Waals surface area contributed by atoms with Crippen LogP contribution in [0.15, 0.2) is 24.3 Å². The molecule has 0 heterocycles. The molecule has 0 amide bonds. The zero-order valence-electron chi connectivity index (χ0n) is 8.60. The van der Waals surface area contributed by atoms with Crippen LogP contribution >= 0.6 is 0 Å². The number of methoxy groups -OCH3 is 1. The topological polar surface area (TPSA) is 55.8 Å². The van der Waals surface area contributed by atoms with Crippen molar-refractivity contribution < 1.29 is 19.4 Å². The molecule has 82 valence electrons. The first kappa shape index (κ1) is 11.5. The van der Waals surface area contributed by atoms with Crippen molar-refractivity contribution in [1.82, 2.24) is 0 Å². The van der Waals surface area contributed by atoms with E-state index in [0.717, 1.165) is 11.3 Å². The van der Waals surface area contributed by atoms with Gasteiger partial charge >= 0.3 is 5.97 Å². The summed E-state index contributed by atoms with van der Waals surface area (Å²) in [5.74, 6) is -0.0642. The van der Waals surface area contributed by atoms with Crippen molar-refractivity contribution >= 4 is 5.97 Å². The Morgan fingerprint density at radius 1 is 1.33 bits per heavy atom. The number of carboxylic acids is 1. The van der Waals surface area contributed by atoms with E-state index < -0.39 is 5.97 Å². The molecule has 0 aliphatic heterocycles. The van der Waals surface area contributed by atoms with Crippen molar-refractivity contribution in [3.8, 4) is 5.75 Å². The van der Waals surface area contributed by atoms with Crippen LogP contribution in [0.2, 0.25) is 0 Å². The molecule has 0 unspecified atom stereocenters. The molecule has 0 atom stereocenters. The summed E-state index contributed by atoms with van der Waals surface area (Å²) >= 11 is 0. The Morgan fingerprint density at radius 2 is 2.00 bits per heavy atom. The first-order valence-corrected chi connectivity index (χ1v) is 4.65. The summed E-state index contributed by atoms with van der Waals surface area (Å²) in [5, 5.41) is 8.50. The molecule has 4 nitrogen and oxygen atoms in total. The van der Waals surface area contributed by atoms with E-state index in [9.17, 15) is 4.79 Å². The van der Waals surface area contributed by atoms with Crippen molar-refractivity contribution in [2.45, 2.75) is 12.8 Å². The van der Waals surface area contributed by atoms with E-state index in [1.807, 2.05) is 12.1 Å². The summed E-state index contributed by atoms with van der Waals surface area (Å²) < 4.78 is 9.95. The lowest BCUT2D eigenvalue weighted by molar-refractivity contribution is -0.136. The Morgan fingerprint density at radius 3 is 2.53 bits per heavy atom. The lowest BCUT2D eigenvalue weighted by Crippen LogP contribution is -1.99. The zero-order chi connectivity index (χ0) is 11.1.